The Hall–Kier alpha value is -3.46. The molecule has 1 aliphatic rings. The highest BCUT2D eigenvalue weighted by Crippen LogP contribution is 2.42. The summed E-state index contributed by atoms with van der Waals surface area (Å²) in [5, 5.41) is 0. The van der Waals surface area contributed by atoms with Crippen LogP contribution in [0.5, 0.6) is 5.88 Å². The van der Waals surface area contributed by atoms with Gasteiger partial charge >= 0.3 is 0 Å². The average Bonchev–Trinajstić information content (AvgIpc) is 3.19. The van der Waals surface area contributed by atoms with Gasteiger partial charge in [0.1, 0.15) is 11.9 Å². The maximum atomic E-state index is 13.3. The Morgan fingerprint density at radius 1 is 0.786 bits per heavy atom. The first-order chi connectivity index (χ1) is 13.8. The Bertz CT molecular complexity index is 1110. The number of ether oxygens (including phenoxy) is 1. The zero-order valence-electron chi connectivity index (χ0n) is 15.2. The van der Waals surface area contributed by atoms with Crippen LogP contribution in [0.15, 0.2) is 91.0 Å². The van der Waals surface area contributed by atoms with Crippen molar-refractivity contribution < 1.29 is 9.13 Å². The van der Waals surface area contributed by atoms with Crippen molar-refractivity contribution in [2.24, 2.45) is 0 Å². The fraction of sp³-hybridized carbons (Fsp3) is 0.0800. The third-order valence-corrected chi connectivity index (χ3v) is 5.13. The fourth-order valence-corrected chi connectivity index (χ4v) is 3.70. The largest absolute Gasteiger partial charge is 0.469 e. The van der Waals surface area contributed by atoms with E-state index in [1.54, 1.807) is 12.1 Å². The highest BCUT2D eigenvalue weighted by Gasteiger charge is 2.29. The second-order valence-electron chi connectivity index (χ2n) is 6.93. The van der Waals surface area contributed by atoms with Gasteiger partial charge in [0.05, 0.1) is 5.69 Å². The van der Waals surface area contributed by atoms with E-state index in [2.05, 4.69) is 30.3 Å². The van der Waals surface area contributed by atoms with Crippen molar-refractivity contribution in [3.63, 3.8) is 0 Å². The number of hydrogen-bond acceptors (Lipinski definition) is 2. The van der Waals surface area contributed by atoms with E-state index in [1.807, 2.05) is 36.4 Å². The van der Waals surface area contributed by atoms with Crippen molar-refractivity contribution in [1.29, 1.82) is 0 Å². The zero-order valence-corrected chi connectivity index (χ0v) is 15.2. The molecule has 0 bridgehead atoms. The van der Waals surface area contributed by atoms with Crippen molar-refractivity contribution in [3.8, 4) is 28.3 Å². The average molecular weight is 367 g/mol. The maximum absolute atomic E-state index is 13.3. The second kappa shape index (κ2) is 6.93. The number of nitrogens with zero attached hydrogens (tertiary/aromatic N) is 1. The van der Waals surface area contributed by atoms with Crippen molar-refractivity contribution >= 4 is 0 Å². The molecule has 0 saturated carbocycles. The lowest BCUT2D eigenvalue weighted by atomic mass is 9.95. The van der Waals surface area contributed by atoms with E-state index in [0.717, 1.165) is 33.5 Å². The van der Waals surface area contributed by atoms with Crippen molar-refractivity contribution in [2.75, 3.05) is 0 Å². The summed E-state index contributed by atoms with van der Waals surface area (Å²) in [6.07, 6.45) is 0.560. The van der Waals surface area contributed by atoms with Crippen LogP contribution >= 0.6 is 0 Å². The predicted molar refractivity (Wildman–Crippen MR) is 109 cm³/mol. The number of aromatic nitrogens is 1. The Kier molecular flexibility index (Phi) is 4.13. The minimum atomic E-state index is -0.242. The summed E-state index contributed by atoms with van der Waals surface area (Å²) in [6, 6.07) is 29.1. The minimum absolute atomic E-state index is 0.156. The molecule has 0 N–H and O–H groups in total. The van der Waals surface area contributed by atoms with Crippen LogP contribution in [-0.2, 0) is 6.42 Å². The van der Waals surface area contributed by atoms with Gasteiger partial charge in [-0.1, -0.05) is 72.8 Å². The molecule has 1 atom stereocenters. The van der Waals surface area contributed by atoms with Gasteiger partial charge in [0.2, 0.25) is 5.88 Å². The second-order valence-corrected chi connectivity index (χ2v) is 6.93. The van der Waals surface area contributed by atoms with E-state index in [1.165, 1.54) is 12.1 Å². The first kappa shape index (κ1) is 16.7. The summed E-state index contributed by atoms with van der Waals surface area (Å²) in [7, 11) is 0. The van der Waals surface area contributed by atoms with E-state index in [4.69, 9.17) is 9.72 Å². The summed E-state index contributed by atoms with van der Waals surface area (Å²) in [5.74, 6) is 0.420. The van der Waals surface area contributed by atoms with Gasteiger partial charge in [-0.2, -0.15) is 0 Å². The lowest BCUT2D eigenvalue weighted by Gasteiger charge is -2.11. The summed E-state index contributed by atoms with van der Waals surface area (Å²) >= 11 is 0. The van der Waals surface area contributed by atoms with E-state index < -0.39 is 0 Å². The topological polar surface area (TPSA) is 22.1 Å². The van der Waals surface area contributed by atoms with Crippen LogP contribution in [0.4, 0.5) is 4.39 Å². The molecule has 0 amide bonds. The number of halogens is 1. The minimum Gasteiger partial charge on any atom is -0.469 e. The van der Waals surface area contributed by atoms with Crippen LogP contribution in [0.25, 0.3) is 22.4 Å². The normalized spacial score (nSPS) is 15.1. The van der Waals surface area contributed by atoms with Gasteiger partial charge in [-0.05, 0) is 34.9 Å². The molecule has 0 aliphatic carbocycles. The first-order valence-electron chi connectivity index (χ1n) is 9.35. The van der Waals surface area contributed by atoms with E-state index in [-0.39, 0.29) is 11.9 Å². The molecule has 2 heterocycles. The fourth-order valence-electron chi connectivity index (χ4n) is 3.70. The summed E-state index contributed by atoms with van der Waals surface area (Å²) < 4.78 is 19.5. The monoisotopic (exact) mass is 367 g/mol. The standard InChI is InChI=1S/C25H18FNO/c26-20-13-11-19(12-14-20)24-16-22-21(17-7-3-1-4-8-17)15-23(27-25(22)28-24)18-9-5-2-6-10-18/h1-15,24H,16H2. The van der Waals surface area contributed by atoms with Gasteiger partial charge in [0, 0.05) is 17.5 Å². The van der Waals surface area contributed by atoms with Gasteiger partial charge < -0.3 is 4.74 Å². The van der Waals surface area contributed by atoms with Crippen molar-refractivity contribution in [1.82, 2.24) is 4.98 Å². The molecular weight excluding hydrogens is 349 g/mol. The first-order valence-corrected chi connectivity index (χ1v) is 9.35. The van der Waals surface area contributed by atoms with Crippen molar-refractivity contribution in [2.45, 2.75) is 12.5 Å². The summed E-state index contributed by atoms with van der Waals surface area (Å²) in [5.41, 5.74) is 6.27. The molecule has 136 valence electrons. The molecule has 1 aromatic heterocycles. The zero-order chi connectivity index (χ0) is 18.9. The van der Waals surface area contributed by atoms with Gasteiger partial charge in [-0.25, -0.2) is 9.37 Å². The highest BCUT2D eigenvalue weighted by molar-refractivity contribution is 5.76. The molecule has 0 radical (unpaired) electrons. The van der Waals surface area contributed by atoms with E-state index >= 15 is 0 Å². The smallest absolute Gasteiger partial charge is 0.218 e. The molecule has 1 unspecified atom stereocenters. The van der Waals surface area contributed by atoms with Gasteiger partial charge in [-0.15, -0.1) is 0 Å². The molecule has 28 heavy (non-hydrogen) atoms. The van der Waals surface area contributed by atoms with Gasteiger partial charge in [0.15, 0.2) is 0 Å². The number of benzene rings is 3. The Labute approximate surface area is 163 Å². The number of hydrogen-bond donors (Lipinski definition) is 0. The van der Waals surface area contributed by atoms with Gasteiger partial charge in [0.25, 0.3) is 0 Å². The molecule has 2 nitrogen and oxygen atoms in total. The van der Waals surface area contributed by atoms with Crippen LogP contribution in [0.3, 0.4) is 0 Å². The van der Waals surface area contributed by atoms with Crippen molar-refractivity contribution in [3.05, 3.63) is 108 Å². The lowest BCUT2D eigenvalue weighted by Crippen LogP contribution is -2.03. The van der Waals surface area contributed by atoms with Crippen LogP contribution < -0.4 is 4.74 Å². The Morgan fingerprint density at radius 3 is 2.11 bits per heavy atom. The third-order valence-electron chi connectivity index (χ3n) is 5.13. The number of rotatable bonds is 3. The molecule has 0 fully saturated rings. The summed E-state index contributed by atoms with van der Waals surface area (Å²) in [6.45, 7) is 0. The van der Waals surface area contributed by atoms with Crippen LogP contribution in [0, 0.1) is 5.82 Å². The van der Waals surface area contributed by atoms with E-state index in [9.17, 15) is 4.39 Å². The number of fused-ring (bicyclic) bond motifs is 1. The summed E-state index contributed by atoms with van der Waals surface area (Å²) in [4.78, 5) is 4.81. The molecule has 5 rings (SSSR count). The maximum Gasteiger partial charge on any atom is 0.218 e. The third kappa shape index (κ3) is 3.05. The molecule has 0 spiro atoms. The Balaban J connectivity index is 1.62. The van der Waals surface area contributed by atoms with Crippen LogP contribution in [-0.4, -0.2) is 4.98 Å². The van der Waals surface area contributed by atoms with Crippen LogP contribution in [0.1, 0.15) is 17.2 Å². The molecule has 0 saturated heterocycles. The highest BCUT2D eigenvalue weighted by atomic mass is 19.1. The van der Waals surface area contributed by atoms with E-state index in [0.29, 0.717) is 12.3 Å². The molecule has 3 aromatic carbocycles. The Morgan fingerprint density at radius 2 is 1.43 bits per heavy atom. The molecule has 3 heteroatoms. The predicted octanol–water partition coefficient (Wildman–Crippen LogP) is 6.23. The molecule has 4 aromatic rings. The van der Waals surface area contributed by atoms with Crippen LogP contribution in [0.2, 0.25) is 0 Å². The lowest BCUT2D eigenvalue weighted by molar-refractivity contribution is 0.231. The molecule has 1 aliphatic heterocycles. The van der Waals surface area contributed by atoms with Gasteiger partial charge in [-0.3, -0.25) is 0 Å². The molecular formula is C25H18FNO. The number of pyridine rings is 1. The quantitative estimate of drug-likeness (QED) is 0.428. The SMILES string of the molecule is Fc1ccc(C2Cc3c(-c4ccccc4)cc(-c4ccccc4)nc3O2)cc1.